The highest BCUT2D eigenvalue weighted by Crippen LogP contribution is 2.34. The van der Waals surface area contributed by atoms with Gasteiger partial charge in [-0.2, -0.15) is 0 Å². The number of rotatable bonds is 7. The maximum absolute atomic E-state index is 4.82. The molecule has 2 aliphatic rings. The van der Waals surface area contributed by atoms with Gasteiger partial charge in [0.2, 0.25) is 0 Å². The third kappa shape index (κ3) is 4.37. The molecule has 0 radical (unpaired) electrons. The van der Waals surface area contributed by atoms with Crippen LogP contribution in [0.15, 0.2) is 4.99 Å². The van der Waals surface area contributed by atoms with Gasteiger partial charge >= 0.3 is 0 Å². The molecular formula is C16H32N4. The van der Waals surface area contributed by atoms with Crippen LogP contribution in [0.25, 0.3) is 0 Å². The normalized spacial score (nSPS) is 30.6. The lowest BCUT2D eigenvalue weighted by atomic mass is 10.2. The first-order chi connectivity index (χ1) is 9.78. The third-order valence-corrected chi connectivity index (χ3v) is 4.61. The molecule has 1 aliphatic carbocycles. The first kappa shape index (κ1) is 15.6. The molecular weight excluding hydrogens is 248 g/mol. The zero-order valence-electron chi connectivity index (χ0n) is 13.5. The van der Waals surface area contributed by atoms with Gasteiger partial charge in [0.25, 0.3) is 0 Å². The van der Waals surface area contributed by atoms with Crippen molar-refractivity contribution in [3.8, 4) is 0 Å². The molecule has 1 saturated carbocycles. The minimum atomic E-state index is 0.654. The molecule has 2 fully saturated rings. The van der Waals surface area contributed by atoms with E-state index in [-0.39, 0.29) is 0 Å². The topological polar surface area (TPSA) is 39.7 Å². The Balaban J connectivity index is 1.80. The quantitative estimate of drug-likeness (QED) is 0.555. The molecule has 0 aromatic carbocycles. The molecule has 2 N–H and O–H groups in total. The van der Waals surface area contributed by atoms with Crippen LogP contribution in [0, 0.1) is 5.92 Å². The van der Waals surface area contributed by atoms with Gasteiger partial charge in [-0.1, -0.05) is 20.3 Å². The number of likely N-dealkylation sites (tertiary alicyclic amines) is 1. The summed E-state index contributed by atoms with van der Waals surface area (Å²) in [7, 11) is 0. The van der Waals surface area contributed by atoms with Gasteiger partial charge < -0.3 is 10.6 Å². The Hall–Kier alpha value is -0.770. The van der Waals surface area contributed by atoms with Crippen LogP contribution in [0.2, 0.25) is 0 Å². The molecule has 3 atom stereocenters. The van der Waals surface area contributed by atoms with E-state index >= 15 is 0 Å². The number of nitrogens with zero attached hydrogens (tertiary/aromatic N) is 2. The van der Waals surface area contributed by atoms with Crippen LogP contribution in [0.3, 0.4) is 0 Å². The van der Waals surface area contributed by atoms with E-state index in [1.165, 1.54) is 38.6 Å². The molecule has 20 heavy (non-hydrogen) atoms. The molecule has 4 heteroatoms. The van der Waals surface area contributed by atoms with E-state index in [0.717, 1.165) is 31.5 Å². The summed E-state index contributed by atoms with van der Waals surface area (Å²) in [5.74, 6) is 1.90. The van der Waals surface area contributed by atoms with Crippen molar-refractivity contribution < 1.29 is 0 Å². The number of hydrogen-bond acceptors (Lipinski definition) is 2. The highest BCUT2D eigenvalue weighted by Gasteiger charge is 2.36. The molecule has 2 rings (SSSR count). The van der Waals surface area contributed by atoms with Gasteiger partial charge in [0.15, 0.2) is 5.96 Å². The maximum Gasteiger partial charge on any atom is 0.191 e. The minimum Gasteiger partial charge on any atom is -0.357 e. The third-order valence-electron chi connectivity index (χ3n) is 4.61. The van der Waals surface area contributed by atoms with Gasteiger partial charge in [0, 0.05) is 18.6 Å². The van der Waals surface area contributed by atoms with Crippen molar-refractivity contribution in [1.29, 1.82) is 0 Å². The van der Waals surface area contributed by atoms with Gasteiger partial charge in [0.1, 0.15) is 0 Å². The van der Waals surface area contributed by atoms with Gasteiger partial charge in [-0.15, -0.1) is 0 Å². The fraction of sp³-hybridized carbons (Fsp3) is 0.938. The molecule has 0 spiro atoms. The molecule has 0 aromatic rings. The molecule has 0 aromatic heterocycles. The molecule has 3 unspecified atom stereocenters. The SMILES string of the molecule is CCCC1CC1NC(=NCC1CCCN1CC)NCC. The van der Waals surface area contributed by atoms with Gasteiger partial charge in [-0.05, 0) is 51.6 Å². The van der Waals surface area contributed by atoms with E-state index in [2.05, 4.69) is 36.3 Å². The number of nitrogens with one attached hydrogen (secondary N) is 2. The Morgan fingerprint density at radius 3 is 2.85 bits per heavy atom. The van der Waals surface area contributed by atoms with Crippen molar-refractivity contribution in [2.45, 2.75) is 65.0 Å². The number of hydrogen-bond donors (Lipinski definition) is 2. The maximum atomic E-state index is 4.82. The summed E-state index contributed by atoms with van der Waals surface area (Å²) in [6, 6.07) is 1.32. The zero-order valence-corrected chi connectivity index (χ0v) is 13.5. The molecule has 116 valence electrons. The summed E-state index contributed by atoms with van der Waals surface area (Å²) >= 11 is 0. The molecule has 1 heterocycles. The average Bonchev–Trinajstić information content (AvgIpc) is 3.01. The standard InChI is InChI=1S/C16H32N4/c1-4-8-13-11-15(13)19-16(17-5-2)18-12-14-9-7-10-20(14)6-3/h13-15H,4-12H2,1-3H3,(H2,17,18,19). The van der Waals surface area contributed by atoms with E-state index in [4.69, 9.17) is 4.99 Å². The van der Waals surface area contributed by atoms with Crippen LogP contribution < -0.4 is 10.6 Å². The van der Waals surface area contributed by atoms with E-state index in [1.54, 1.807) is 0 Å². The monoisotopic (exact) mass is 280 g/mol. The van der Waals surface area contributed by atoms with Crippen LogP contribution in [-0.2, 0) is 0 Å². The first-order valence-electron chi connectivity index (χ1n) is 8.57. The van der Waals surface area contributed by atoms with Crippen molar-refractivity contribution in [2.75, 3.05) is 26.2 Å². The lowest BCUT2D eigenvalue weighted by Gasteiger charge is -2.21. The highest BCUT2D eigenvalue weighted by molar-refractivity contribution is 5.80. The second-order valence-electron chi connectivity index (χ2n) is 6.18. The summed E-state index contributed by atoms with van der Waals surface area (Å²) in [5.41, 5.74) is 0. The Bertz CT molecular complexity index is 316. The summed E-state index contributed by atoms with van der Waals surface area (Å²) in [6.45, 7) is 11.0. The first-order valence-corrected chi connectivity index (χ1v) is 8.57. The Labute approximate surface area is 124 Å². The van der Waals surface area contributed by atoms with E-state index in [0.29, 0.717) is 12.1 Å². The van der Waals surface area contributed by atoms with Gasteiger partial charge in [-0.3, -0.25) is 9.89 Å². The van der Waals surface area contributed by atoms with Crippen molar-refractivity contribution in [2.24, 2.45) is 10.9 Å². The van der Waals surface area contributed by atoms with Crippen molar-refractivity contribution >= 4 is 5.96 Å². The van der Waals surface area contributed by atoms with Crippen LogP contribution in [0.1, 0.15) is 52.9 Å². The van der Waals surface area contributed by atoms with Crippen LogP contribution >= 0.6 is 0 Å². The van der Waals surface area contributed by atoms with Gasteiger partial charge in [-0.25, -0.2) is 0 Å². The molecule has 0 bridgehead atoms. The smallest absolute Gasteiger partial charge is 0.191 e. The summed E-state index contributed by atoms with van der Waals surface area (Å²) in [5, 5.41) is 7.00. The highest BCUT2D eigenvalue weighted by atomic mass is 15.2. The lowest BCUT2D eigenvalue weighted by molar-refractivity contribution is 0.273. The summed E-state index contributed by atoms with van der Waals surface area (Å²) < 4.78 is 0. The minimum absolute atomic E-state index is 0.654. The molecule has 1 aliphatic heterocycles. The van der Waals surface area contributed by atoms with Crippen LogP contribution in [0.4, 0.5) is 0 Å². The van der Waals surface area contributed by atoms with Crippen molar-refractivity contribution in [3.63, 3.8) is 0 Å². The van der Waals surface area contributed by atoms with Crippen LogP contribution in [0.5, 0.6) is 0 Å². The summed E-state index contributed by atoms with van der Waals surface area (Å²) in [6.07, 6.45) is 6.61. The number of likely N-dealkylation sites (N-methyl/N-ethyl adjacent to an activating group) is 1. The van der Waals surface area contributed by atoms with Crippen molar-refractivity contribution in [1.82, 2.24) is 15.5 Å². The predicted octanol–water partition coefficient (Wildman–Crippen LogP) is 2.21. The zero-order chi connectivity index (χ0) is 14.4. The summed E-state index contributed by atoms with van der Waals surface area (Å²) in [4.78, 5) is 7.38. The Kier molecular flexibility index (Phi) is 6.14. The second kappa shape index (κ2) is 7.87. The Morgan fingerprint density at radius 1 is 1.30 bits per heavy atom. The molecule has 4 nitrogen and oxygen atoms in total. The largest absolute Gasteiger partial charge is 0.357 e. The predicted molar refractivity (Wildman–Crippen MR) is 86.2 cm³/mol. The average molecular weight is 280 g/mol. The van der Waals surface area contributed by atoms with Crippen molar-refractivity contribution in [3.05, 3.63) is 0 Å². The molecule has 1 saturated heterocycles. The van der Waals surface area contributed by atoms with Gasteiger partial charge in [0.05, 0.1) is 6.54 Å². The lowest BCUT2D eigenvalue weighted by Crippen LogP contribution is -2.40. The Morgan fingerprint density at radius 2 is 2.15 bits per heavy atom. The fourth-order valence-corrected chi connectivity index (χ4v) is 3.32. The molecule has 0 amide bonds. The van der Waals surface area contributed by atoms with E-state index < -0.39 is 0 Å². The van der Waals surface area contributed by atoms with E-state index in [9.17, 15) is 0 Å². The van der Waals surface area contributed by atoms with E-state index in [1.807, 2.05) is 0 Å². The number of aliphatic imine (C=N–C) groups is 1. The van der Waals surface area contributed by atoms with Crippen LogP contribution in [-0.4, -0.2) is 49.1 Å². The number of guanidine groups is 1. The second-order valence-corrected chi connectivity index (χ2v) is 6.18. The fourth-order valence-electron chi connectivity index (χ4n) is 3.32.